The number of ether oxygens (including phenoxy) is 1. The lowest BCUT2D eigenvalue weighted by Gasteiger charge is -2.26. The molecule has 2 heterocycles. The van der Waals surface area contributed by atoms with Crippen molar-refractivity contribution in [1.82, 2.24) is 14.6 Å². The topological polar surface area (TPSA) is 74.4 Å². The zero-order valence-electron chi connectivity index (χ0n) is 13.6. The summed E-state index contributed by atoms with van der Waals surface area (Å²) < 4.78 is 32.9. The number of benzene rings is 1. The first-order valence-electron chi connectivity index (χ1n) is 7.86. The summed E-state index contributed by atoms with van der Waals surface area (Å²) in [4.78, 5) is 5.78. The highest BCUT2D eigenvalue weighted by Gasteiger charge is 2.17. The predicted molar refractivity (Wildman–Crippen MR) is 90.2 cm³/mol. The predicted octanol–water partition coefficient (Wildman–Crippen LogP) is 1.40. The maximum Gasteiger partial charge on any atom is 0.240 e. The first-order valence-corrected chi connectivity index (χ1v) is 9.34. The van der Waals surface area contributed by atoms with E-state index < -0.39 is 10.0 Å². The molecule has 2 aromatic rings. The van der Waals surface area contributed by atoms with Gasteiger partial charge in [0.25, 0.3) is 0 Å². The minimum atomic E-state index is -3.48. The largest absolute Gasteiger partial charge is 0.379 e. The van der Waals surface area contributed by atoms with Gasteiger partial charge in [0.1, 0.15) is 0 Å². The number of aromatic amines is 1. The standard InChI is InChI=1S/C16H23N3O3S/c1-12-13(2)18-16-4-3-14(11-15(12)16)23(20,21)17-5-6-19-7-9-22-10-8-19/h3-4,11,17-18H,5-10H2,1-2H3. The van der Waals surface area contributed by atoms with Crippen LogP contribution in [0.1, 0.15) is 11.3 Å². The summed E-state index contributed by atoms with van der Waals surface area (Å²) in [5.74, 6) is 0. The Hall–Kier alpha value is -1.41. The molecule has 0 radical (unpaired) electrons. The van der Waals surface area contributed by atoms with Gasteiger partial charge in [-0.1, -0.05) is 0 Å². The number of aromatic nitrogens is 1. The molecule has 2 N–H and O–H groups in total. The molecule has 1 aromatic carbocycles. The van der Waals surface area contributed by atoms with Crippen LogP contribution in [0.25, 0.3) is 10.9 Å². The van der Waals surface area contributed by atoms with Crippen molar-refractivity contribution in [2.75, 3.05) is 39.4 Å². The van der Waals surface area contributed by atoms with Gasteiger partial charge in [-0.05, 0) is 37.6 Å². The molecule has 23 heavy (non-hydrogen) atoms. The zero-order chi connectivity index (χ0) is 16.4. The fourth-order valence-electron chi connectivity index (χ4n) is 2.85. The maximum absolute atomic E-state index is 12.5. The Kier molecular flexibility index (Phi) is 4.72. The summed E-state index contributed by atoms with van der Waals surface area (Å²) in [7, 11) is -3.48. The number of nitrogens with one attached hydrogen (secondary N) is 2. The Morgan fingerprint density at radius 3 is 2.74 bits per heavy atom. The second-order valence-electron chi connectivity index (χ2n) is 5.93. The fourth-order valence-corrected chi connectivity index (χ4v) is 3.90. The van der Waals surface area contributed by atoms with E-state index in [2.05, 4.69) is 14.6 Å². The lowest BCUT2D eigenvalue weighted by molar-refractivity contribution is 0.0390. The molecule has 0 spiro atoms. The Labute approximate surface area is 136 Å². The van der Waals surface area contributed by atoms with E-state index in [0.717, 1.165) is 48.5 Å². The van der Waals surface area contributed by atoms with Crippen LogP contribution >= 0.6 is 0 Å². The summed E-state index contributed by atoms with van der Waals surface area (Å²) in [5.41, 5.74) is 3.12. The number of sulfonamides is 1. The monoisotopic (exact) mass is 337 g/mol. The van der Waals surface area contributed by atoms with Crippen LogP contribution < -0.4 is 4.72 Å². The fraction of sp³-hybridized carbons (Fsp3) is 0.500. The molecule has 1 aromatic heterocycles. The highest BCUT2D eigenvalue weighted by molar-refractivity contribution is 7.89. The van der Waals surface area contributed by atoms with Crippen molar-refractivity contribution in [1.29, 1.82) is 0 Å². The van der Waals surface area contributed by atoms with E-state index in [0.29, 0.717) is 18.0 Å². The molecule has 1 aliphatic heterocycles. The maximum atomic E-state index is 12.5. The average Bonchev–Trinajstić information content (AvgIpc) is 2.83. The number of hydrogen-bond donors (Lipinski definition) is 2. The van der Waals surface area contributed by atoms with Gasteiger partial charge in [-0.2, -0.15) is 0 Å². The zero-order valence-corrected chi connectivity index (χ0v) is 14.4. The summed E-state index contributed by atoms with van der Waals surface area (Å²) >= 11 is 0. The van der Waals surface area contributed by atoms with E-state index in [1.165, 1.54) is 0 Å². The Balaban J connectivity index is 1.70. The van der Waals surface area contributed by atoms with Gasteiger partial charge in [0, 0.05) is 42.8 Å². The molecular weight excluding hydrogens is 314 g/mol. The smallest absolute Gasteiger partial charge is 0.240 e. The van der Waals surface area contributed by atoms with Gasteiger partial charge < -0.3 is 9.72 Å². The van der Waals surface area contributed by atoms with E-state index >= 15 is 0 Å². The average molecular weight is 337 g/mol. The second kappa shape index (κ2) is 6.60. The van der Waals surface area contributed by atoms with Crippen LogP contribution in [-0.4, -0.2) is 57.7 Å². The van der Waals surface area contributed by atoms with Crippen molar-refractivity contribution in [3.63, 3.8) is 0 Å². The minimum Gasteiger partial charge on any atom is -0.379 e. The van der Waals surface area contributed by atoms with Crippen molar-refractivity contribution < 1.29 is 13.2 Å². The highest BCUT2D eigenvalue weighted by atomic mass is 32.2. The van der Waals surface area contributed by atoms with E-state index in [-0.39, 0.29) is 0 Å². The molecule has 6 nitrogen and oxygen atoms in total. The molecule has 0 amide bonds. The third-order valence-electron chi connectivity index (χ3n) is 4.41. The van der Waals surface area contributed by atoms with Crippen molar-refractivity contribution in [2.45, 2.75) is 18.7 Å². The summed E-state index contributed by atoms with van der Waals surface area (Å²) in [6, 6.07) is 5.21. The summed E-state index contributed by atoms with van der Waals surface area (Å²) in [6.45, 7) is 8.25. The second-order valence-corrected chi connectivity index (χ2v) is 7.70. The third kappa shape index (κ3) is 3.58. The highest BCUT2D eigenvalue weighted by Crippen LogP contribution is 2.24. The number of fused-ring (bicyclic) bond motifs is 1. The van der Waals surface area contributed by atoms with E-state index in [1.54, 1.807) is 12.1 Å². The quantitative estimate of drug-likeness (QED) is 0.865. The molecule has 7 heteroatoms. The van der Waals surface area contributed by atoms with Gasteiger partial charge in [-0.15, -0.1) is 0 Å². The van der Waals surface area contributed by atoms with E-state index in [1.807, 2.05) is 19.9 Å². The van der Waals surface area contributed by atoms with Gasteiger partial charge in [0.2, 0.25) is 10.0 Å². The number of morpholine rings is 1. The lowest BCUT2D eigenvalue weighted by Crippen LogP contribution is -2.41. The van der Waals surface area contributed by atoms with Gasteiger partial charge in [-0.25, -0.2) is 13.1 Å². The van der Waals surface area contributed by atoms with Crippen LogP contribution in [0.15, 0.2) is 23.1 Å². The van der Waals surface area contributed by atoms with Crippen molar-refractivity contribution in [2.24, 2.45) is 0 Å². The van der Waals surface area contributed by atoms with Crippen LogP contribution in [0.5, 0.6) is 0 Å². The molecule has 3 rings (SSSR count). The molecular formula is C16H23N3O3S. The number of aryl methyl sites for hydroxylation is 2. The Morgan fingerprint density at radius 2 is 2.00 bits per heavy atom. The van der Waals surface area contributed by atoms with Crippen LogP contribution in [0.3, 0.4) is 0 Å². The lowest BCUT2D eigenvalue weighted by atomic mass is 10.1. The first-order chi connectivity index (χ1) is 11.0. The van der Waals surface area contributed by atoms with E-state index in [4.69, 9.17) is 4.74 Å². The molecule has 1 fully saturated rings. The van der Waals surface area contributed by atoms with Crippen LogP contribution in [0.4, 0.5) is 0 Å². The number of H-pyrrole nitrogens is 1. The molecule has 0 atom stereocenters. The molecule has 1 aliphatic rings. The van der Waals surface area contributed by atoms with Crippen molar-refractivity contribution >= 4 is 20.9 Å². The number of nitrogens with zero attached hydrogens (tertiary/aromatic N) is 1. The van der Waals surface area contributed by atoms with Crippen LogP contribution in [-0.2, 0) is 14.8 Å². The van der Waals surface area contributed by atoms with Crippen molar-refractivity contribution in [3.8, 4) is 0 Å². The summed E-state index contributed by atoms with van der Waals surface area (Å²) in [6.07, 6.45) is 0. The summed E-state index contributed by atoms with van der Waals surface area (Å²) in [5, 5.41) is 0.957. The van der Waals surface area contributed by atoms with Gasteiger partial charge in [0.05, 0.1) is 18.1 Å². The van der Waals surface area contributed by atoms with Gasteiger partial charge in [-0.3, -0.25) is 4.90 Å². The van der Waals surface area contributed by atoms with Crippen molar-refractivity contribution in [3.05, 3.63) is 29.5 Å². The van der Waals surface area contributed by atoms with Crippen LogP contribution in [0.2, 0.25) is 0 Å². The SMILES string of the molecule is Cc1[nH]c2ccc(S(=O)(=O)NCCN3CCOCC3)cc2c1C. The van der Waals surface area contributed by atoms with Crippen LogP contribution in [0, 0.1) is 13.8 Å². The number of hydrogen-bond acceptors (Lipinski definition) is 4. The van der Waals surface area contributed by atoms with E-state index in [9.17, 15) is 8.42 Å². The Morgan fingerprint density at radius 1 is 1.26 bits per heavy atom. The normalized spacial score (nSPS) is 17.0. The Bertz CT molecular complexity index is 792. The number of rotatable bonds is 5. The molecule has 0 aliphatic carbocycles. The first kappa shape index (κ1) is 16.4. The molecule has 0 bridgehead atoms. The minimum absolute atomic E-state index is 0.314. The molecule has 126 valence electrons. The molecule has 0 unspecified atom stereocenters. The van der Waals surface area contributed by atoms with Gasteiger partial charge >= 0.3 is 0 Å². The molecule has 0 saturated carbocycles. The molecule has 1 saturated heterocycles. The van der Waals surface area contributed by atoms with Gasteiger partial charge in [0.15, 0.2) is 0 Å². The third-order valence-corrected chi connectivity index (χ3v) is 5.87.